The third-order valence-corrected chi connectivity index (χ3v) is 4.23. The van der Waals surface area contributed by atoms with Crippen LogP contribution in [-0.2, 0) is 5.72 Å². The van der Waals surface area contributed by atoms with Gasteiger partial charge in [-0.3, -0.25) is 5.32 Å². The summed E-state index contributed by atoms with van der Waals surface area (Å²) < 4.78 is 11.0. The predicted octanol–water partition coefficient (Wildman–Crippen LogP) is 2.72. The monoisotopic (exact) mass is 393 g/mol. The second-order valence-corrected chi connectivity index (χ2v) is 6.55. The third kappa shape index (κ3) is 5.78. The molecular formula is C22H23N3O4. The molecule has 0 spiro atoms. The lowest BCUT2D eigenvalue weighted by Gasteiger charge is -2.25. The van der Waals surface area contributed by atoms with Crippen LogP contribution in [0.3, 0.4) is 0 Å². The zero-order valence-corrected chi connectivity index (χ0v) is 16.0. The van der Waals surface area contributed by atoms with Gasteiger partial charge in [0.05, 0.1) is 5.56 Å². The number of hydrogen-bond acceptors (Lipinski definition) is 7. The standard InChI is InChI=1S/C22H23N3O4/c1-22(27,17-7-12-20(23)24-15-17)25-13-14-28-18-8-10-19(11-9-18)29-21(26)16-5-3-2-4-6-16/h2-12,15,25,27H,13-14H2,1H3,(H2,23,24). The van der Waals surface area contributed by atoms with Crippen LogP contribution >= 0.6 is 0 Å². The van der Waals surface area contributed by atoms with Crippen LogP contribution in [0.2, 0.25) is 0 Å². The molecule has 1 aromatic heterocycles. The molecule has 3 rings (SSSR count). The molecule has 1 heterocycles. The van der Waals surface area contributed by atoms with Gasteiger partial charge >= 0.3 is 5.97 Å². The number of nitrogen functional groups attached to an aromatic ring is 1. The molecule has 3 aromatic rings. The molecule has 1 unspecified atom stereocenters. The lowest BCUT2D eigenvalue weighted by atomic mass is 10.1. The van der Waals surface area contributed by atoms with Gasteiger partial charge in [0.25, 0.3) is 0 Å². The molecule has 150 valence electrons. The first-order valence-electron chi connectivity index (χ1n) is 9.13. The quantitative estimate of drug-likeness (QED) is 0.234. The molecule has 0 fully saturated rings. The number of benzene rings is 2. The van der Waals surface area contributed by atoms with E-state index in [1.165, 1.54) is 6.20 Å². The highest BCUT2D eigenvalue weighted by Crippen LogP contribution is 2.19. The smallest absolute Gasteiger partial charge is 0.343 e. The summed E-state index contributed by atoms with van der Waals surface area (Å²) in [6.07, 6.45) is 1.53. The first-order chi connectivity index (χ1) is 13.9. The van der Waals surface area contributed by atoms with Gasteiger partial charge in [0, 0.05) is 18.3 Å². The van der Waals surface area contributed by atoms with Crippen molar-refractivity contribution in [3.05, 3.63) is 84.1 Å². The largest absolute Gasteiger partial charge is 0.492 e. The van der Waals surface area contributed by atoms with Gasteiger partial charge in [-0.15, -0.1) is 0 Å². The molecule has 0 aliphatic rings. The summed E-state index contributed by atoms with van der Waals surface area (Å²) in [5.74, 6) is 1.04. The first-order valence-corrected chi connectivity index (χ1v) is 9.13. The van der Waals surface area contributed by atoms with Gasteiger partial charge in [-0.05, 0) is 55.5 Å². The highest BCUT2D eigenvalue weighted by atomic mass is 16.5. The fourth-order valence-electron chi connectivity index (χ4n) is 2.60. The number of esters is 1. The van der Waals surface area contributed by atoms with E-state index in [0.717, 1.165) is 0 Å². The molecule has 0 saturated carbocycles. The van der Waals surface area contributed by atoms with Gasteiger partial charge in [0.15, 0.2) is 0 Å². The normalized spacial score (nSPS) is 12.8. The second kappa shape index (κ2) is 9.18. The molecule has 2 aromatic carbocycles. The molecule has 0 aliphatic heterocycles. The molecule has 0 aliphatic carbocycles. The molecule has 0 bridgehead atoms. The summed E-state index contributed by atoms with van der Waals surface area (Å²) in [5, 5.41) is 13.5. The Bertz CT molecular complexity index is 927. The van der Waals surface area contributed by atoms with Gasteiger partial charge in [-0.1, -0.05) is 18.2 Å². The maximum atomic E-state index is 12.0. The summed E-state index contributed by atoms with van der Waals surface area (Å²) in [6, 6.07) is 18.9. The zero-order chi connectivity index (χ0) is 20.7. The predicted molar refractivity (Wildman–Crippen MR) is 110 cm³/mol. The van der Waals surface area contributed by atoms with Gasteiger partial charge in [-0.2, -0.15) is 0 Å². The van der Waals surface area contributed by atoms with Crippen LogP contribution in [0.1, 0.15) is 22.8 Å². The Balaban J connectivity index is 1.45. The molecule has 7 heteroatoms. The van der Waals surface area contributed by atoms with Gasteiger partial charge in [0.2, 0.25) is 0 Å². The Morgan fingerprint density at radius 1 is 1.07 bits per heavy atom. The SMILES string of the molecule is CC(O)(NCCOc1ccc(OC(=O)c2ccccc2)cc1)c1ccc(N)nc1. The molecule has 4 N–H and O–H groups in total. The summed E-state index contributed by atoms with van der Waals surface area (Å²) in [7, 11) is 0. The van der Waals surface area contributed by atoms with Crippen molar-refractivity contribution in [2.45, 2.75) is 12.6 Å². The first kappa shape index (κ1) is 20.3. The highest BCUT2D eigenvalue weighted by molar-refractivity contribution is 5.90. The molecular weight excluding hydrogens is 370 g/mol. The fourth-order valence-corrected chi connectivity index (χ4v) is 2.60. The van der Waals surface area contributed by atoms with Crippen LogP contribution < -0.4 is 20.5 Å². The average Bonchev–Trinajstić information content (AvgIpc) is 2.73. The van der Waals surface area contributed by atoms with Crippen molar-refractivity contribution in [3.8, 4) is 11.5 Å². The van der Waals surface area contributed by atoms with Crippen molar-refractivity contribution >= 4 is 11.8 Å². The number of rotatable bonds is 8. The summed E-state index contributed by atoms with van der Waals surface area (Å²) in [4.78, 5) is 16.0. The van der Waals surface area contributed by atoms with Crippen molar-refractivity contribution in [1.29, 1.82) is 0 Å². The van der Waals surface area contributed by atoms with Crippen LogP contribution in [0.5, 0.6) is 11.5 Å². The number of carbonyl (C=O) groups excluding carboxylic acids is 1. The van der Waals surface area contributed by atoms with E-state index >= 15 is 0 Å². The van der Waals surface area contributed by atoms with Gasteiger partial charge in [0.1, 0.15) is 29.6 Å². The minimum absolute atomic E-state index is 0.335. The van der Waals surface area contributed by atoms with Gasteiger partial charge < -0.3 is 20.3 Å². The van der Waals surface area contributed by atoms with E-state index in [2.05, 4.69) is 10.3 Å². The Morgan fingerprint density at radius 3 is 2.41 bits per heavy atom. The summed E-state index contributed by atoms with van der Waals surface area (Å²) in [6.45, 7) is 2.37. The number of hydrogen-bond donors (Lipinski definition) is 3. The van der Waals surface area contributed by atoms with E-state index in [0.29, 0.717) is 41.6 Å². The van der Waals surface area contributed by atoms with Crippen LogP contribution in [0.15, 0.2) is 72.9 Å². The minimum atomic E-state index is -1.25. The Hall–Kier alpha value is -3.42. The number of nitrogens with one attached hydrogen (secondary N) is 1. The van der Waals surface area contributed by atoms with Crippen molar-refractivity contribution in [3.63, 3.8) is 0 Å². The van der Waals surface area contributed by atoms with Crippen LogP contribution in [0.4, 0.5) is 5.82 Å². The van der Waals surface area contributed by atoms with Crippen molar-refractivity contribution < 1.29 is 19.4 Å². The lowest BCUT2D eigenvalue weighted by Crippen LogP contribution is -2.41. The van der Waals surface area contributed by atoms with E-state index in [-0.39, 0.29) is 0 Å². The Kier molecular flexibility index (Phi) is 6.43. The maximum Gasteiger partial charge on any atom is 0.343 e. The minimum Gasteiger partial charge on any atom is -0.492 e. The molecule has 0 saturated heterocycles. The lowest BCUT2D eigenvalue weighted by molar-refractivity contribution is 0.0166. The molecule has 1 atom stereocenters. The number of pyridine rings is 1. The zero-order valence-electron chi connectivity index (χ0n) is 16.0. The third-order valence-electron chi connectivity index (χ3n) is 4.23. The molecule has 7 nitrogen and oxygen atoms in total. The van der Waals surface area contributed by atoms with Crippen LogP contribution in [0.25, 0.3) is 0 Å². The van der Waals surface area contributed by atoms with E-state index < -0.39 is 11.7 Å². The highest BCUT2D eigenvalue weighted by Gasteiger charge is 2.22. The number of nitrogens with two attached hydrogens (primary N) is 1. The summed E-state index contributed by atoms with van der Waals surface area (Å²) in [5.41, 5.74) is 5.41. The number of aliphatic hydroxyl groups is 1. The topological polar surface area (TPSA) is 107 Å². The molecule has 0 amide bonds. The van der Waals surface area contributed by atoms with Crippen molar-refractivity contribution in [2.75, 3.05) is 18.9 Å². The van der Waals surface area contributed by atoms with Crippen LogP contribution in [-0.4, -0.2) is 29.2 Å². The number of anilines is 1. The van der Waals surface area contributed by atoms with Crippen LogP contribution in [0, 0.1) is 0 Å². The van der Waals surface area contributed by atoms with Crippen molar-refractivity contribution in [2.24, 2.45) is 0 Å². The fraction of sp³-hybridized carbons (Fsp3) is 0.182. The number of aromatic nitrogens is 1. The van der Waals surface area contributed by atoms with E-state index in [1.54, 1.807) is 67.6 Å². The van der Waals surface area contributed by atoms with Gasteiger partial charge in [-0.25, -0.2) is 9.78 Å². The Labute approximate surface area is 169 Å². The maximum absolute atomic E-state index is 12.0. The summed E-state index contributed by atoms with van der Waals surface area (Å²) >= 11 is 0. The van der Waals surface area contributed by atoms with Crippen molar-refractivity contribution in [1.82, 2.24) is 10.3 Å². The average molecular weight is 393 g/mol. The number of nitrogens with zero attached hydrogens (tertiary/aromatic N) is 1. The molecule has 29 heavy (non-hydrogen) atoms. The van der Waals surface area contributed by atoms with E-state index in [4.69, 9.17) is 15.2 Å². The molecule has 0 radical (unpaired) electrons. The number of ether oxygens (including phenoxy) is 2. The second-order valence-electron chi connectivity index (χ2n) is 6.55. The van der Waals surface area contributed by atoms with E-state index in [9.17, 15) is 9.90 Å². The number of carbonyl (C=O) groups is 1. The van der Waals surface area contributed by atoms with E-state index in [1.807, 2.05) is 6.07 Å². The Morgan fingerprint density at radius 2 is 1.76 bits per heavy atom.